The van der Waals surface area contributed by atoms with Crippen LogP contribution in [0.25, 0.3) is 5.69 Å². The van der Waals surface area contributed by atoms with Gasteiger partial charge >= 0.3 is 0 Å². The van der Waals surface area contributed by atoms with Gasteiger partial charge in [-0.1, -0.05) is 17.7 Å². The van der Waals surface area contributed by atoms with Gasteiger partial charge in [0.25, 0.3) is 0 Å². The molecule has 4 heterocycles. The van der Waals surface area contributed by atoms with E-state index in [0.29, 0.717) is 15.9 Å². The molecule has 0 amide bonds. The monoisotopic (exact) mass is 461 g/mol. The maximum atomic E-state index is 6.47. The van der Waals surface area contributed by atoms with E-state index in [-0.39, 0.29) is 12.1 Å². The highest BCUT2D eigenvalue weighted by molar-refractivity contribution is 7.80. The molecule has 0 unspecified atom stereocenters. The lowest BCUT2D eigenvalue weighted by Gasteiger charge is -2.29. The van der Waals surface area contributed by atoms with Crippen molar-refractivity contribution in [2.75, 3.05) is 12.0 Å². The topological polar surface area (TPSA) is 55.2 Å². The van der Waals surface area contributed by atoms with Crippen molar-refractivity contribution in [2.45, 2.75) is 12.1 Å². The Kier molecular flexibility index (Phi) is 5.51. The number of hydrogen-bond donors (Lipinski definition) is 1. The van der Waals surface area contributed by atoms with Crippen molar-refractivity contribution >= 4 is 34.6 Å². The van der Waals surface area contributed by atoms with Crippen LogP contribution in [-0.4, -0.2) is 26.8 Å². The third-order valence-corrected chi connectivity index (χ3v) is 6.13. The summed E-state index contributed by atoms with van der Waals surface area (Å²) >= 11 is 12.3. The third-order valence-electron chi connectivity index (χ3n) is 5.52. The van der Waals surface area contributed by atoms with Gasteiger partial charge in [-0.05, 0) is 66.8 Å². The van der Waals surface area contributed by atoms with Crippen LogP contribution < -0.4 is 15.0 Å². The first-order chi connectivity index (χ1) is 15.7. The van der Waals surface area contributed by atoms with Gasteiger partial charge in [-0.25, -0.2) is 0 Å². The number of methoxy groups -OCH3 is 1. The third kappa shape index (κ3) is 3.59. The van der Waals surface area contributed by atoms with E-state index < -0.39 is 0 Å². The van der Waals surface area contributed by atoms with E-state index >= 15 is 0 Å². The highest BCUT2D eigenvalue weighted by atomic mass is 35.5. The molecule has 0 radical (unpaired) electrons. The predicted octanol–water partition coefficient (Wildman–Crippen LogP) is 5.11. The fourth-order valence-corrected chi connectivity index (χ4v) is 4.70. The molecule has 1 aliphatic rings. The molecule has 6 nitrogen and oxygen atoms in total. The lowest BCUT2D eigenvalue weighted by atomic mass is 10.0. The van der Waals surface area contributed by atoms with Gasteiger partial charge in [0.2, 0.25) is 0 Å². The maximum absolute atomic E-state index is 6.47. The van der Waals surface area contributed by atoms with E-state index in [1.165, 1.54) is 0 Å². The molecule has 1 saturated heterocycles. The number of aromatic nitrogens is 3. The lowest BCUT2D eigenvalue weighted by molar-refractivity contribution is 0.415. The molecule has 0 spiro atoms. The number of benzene rings is 1. The Morgan fingerprint density at radius 1 is 1.03 bits per heavy atom. The summed E-state index contributed by atoms with van der Waals surface area (Å²) in [5.41, 5.74) is 3.79. The van der Waals surface area contributed by atoms with Crippen molar-refractivity contribution < 1.29 is 4.74 Å². The summed E-state index contributed by atoms with van der Waals surface area (Å²) in [6.45, 7) is 0. The summed E-state index contributed by atoms with van der Waals surface area (Å²) in [5, 5.41) is 4.60. The van der Waals surface area contributed by atoms with Gasteiger partial charge in [-0.15, -0.1) is 0 Å². The van der Waals surface area contributed by atoms with Gasteiger partial charge in [-0.2, -0.15) is 0 Å². The van der Waals surface area contributed by atoms with Crippen molar-refractivity contribution in [1.29, 1.82) is 0 Å². The van der Waals surface area contributed by atoms with Crippen molar-refractivity contribution in [2.24, 2.45) is 0 Å². The molecule has 5 rings (SSSR count). The second kappa shape index (κ2) is 8.61. The number of ether oxygens (including phenoxy) is 1. The van der Waals surface area contributed by atoms with E-state index in [0.717, 1.165) is 22.8 Å². The van der Waals surface area contributed by atoms with E-state index in [9.17, 15) is 0 Å². The van der Waals surface area contributed by atoms with Crippen LogP contribution in [0.1, 0.15) is 23.5 Å². The minimum Gasteiger partial charge on any atom is -0.495 e. The summed E-state index contributed by atoms with van der Waals surface area (Å²) < 4.78 is 7.46. The first-order valence-electron chi connectivity index (χ1n) is 10.1. The molecule has 1 N–H and O–H groups in total. The Bertz CT molecular complexity index is 1250. The largest absolute Gasteiger partial charge is 0.495 e. The second-order valence-corrected chi connectivity index (χ2v) is 8.12. The maximum Gasteiger partial charge on any atom is 0.174 e. The number of rotatable bonds is 5. The van der Waals surface area contributed by atoms with Crippen molar-refractivity contribution in [3.05, 3.63) is 102 Å². The van der Waals surface area contributed by atoms with Gasteiger partial charge in [-0.3, -0.25) is 9.97 Å². The highest BCUT2D eigenvalue weighted by Gasteiger charge is 2.42. The van der Waals surface area contributed by atoms with E-state index in [1.807, 2.05) is 67.0 Å². The zero-order valence-electron chi connectivity index (χ0n) is 17.2. The van der Waals surface area contributed by atoms with Crippen LogP contribution in [0.3, 0.4) is 0 Å². The summed E-state index contributed by atoms with van der Waals surface area (Å²) in [7, 11) is 1.60. The molecule has 4 aromatic rings. The second-order valence-electron chi connectivity index (χ2n) is 7.33. The number of pyridine rings is 2. The van der Waals surface area contributed by atoms with Crippen LogP contribution in [0.2, 0.25) is 5.02 Å². The SMILES string of the molecule is COc1ccc(N2C(=S)N[C@@H](c3ccccn3)[C@H]2c2cccn2-c2cccnc2)cc1Cl. The van der Waals surface area contributed by atoms with E-state index in [2.05, 4.69) is 30.8 Å². The Morgan fingerprint density at radius 3 is 2.66 bits per heavy atom. The minimum atomic E-state index is -0.169. The summed E-state index contributed by atoms with van der Waals surface area (Å²) in [6.07, 6.45) is 7.43. The Hall–Kier alpha value is -3.42. The highest BCUT2D eigenvalue weighted by Crippen LogP contribution is 2.43. The molecule has 8 heteroatoms. The molecule has 0 saturated carbocycles. The summed E-state index contributed by atoms with van der Waals surface area (Å²) in [5.74, 6) is 0.616. The standard InChI is InChI=1S/C24H20ClN5OS/c1-31-21-10-9-16(14-18(21)25)30-23(22(28-24(30)32)19-7-2-3-12-27-19)20-8-5-13-29(20)17-6-4-11-26-15-17/h2-15,22-23H,1H3,(H,28,32)/t22-,23+/m0/s1. The van der Waals surface area contributed by atoms with Crippen LogP contribution in [0, 0.1) is 0 Å². The zero-order chi connectivity index (χ0) is 22.1. The zero-order valence-corrected chi connectivity index (χ0v) is 18.8. The molecule has 0 aliphatic carbocycles. The number of hydrogen-bond acceptors (Lipinski definition) is 4. The predicted molar refractivity (Wildman–Crippen MR) is 129 cm³/mol. The van der Waals surface area contributed by atoms with Crippen LogP contribution >= 0.6 is 23.8 Å². The molecule has 32 heavy (non-hydrogen) atoms. The molecule has 1 fully saturated rings. The van der Waals surface area contributed by atoms with Gasteiger partial charge in [0.1, 0.15) is 11.8 Å². The lowest BCUT2D eigenvalue weighted by Crippen LogP contribution is -2.30. The van der Waals surface area contributed by atoms with Crippen molar-refractivity contribution in [3.8, 4) is 11.4 Å². The van der Waals surface area contributed by atoms with Crippen LogP contribution in [0.4, 0.5) is 5.69 Å². The fraction of sp³-hybridized carbons (Fsp3) is 0.125. The number of halogens is 1. The Morgan fingerprint density at radius 2 is 1.94 bits per heavy atom. The first-order valence-corrected chi connectivity index (χ1v) is 10.9. The average Bonchev–Trinajstić information content (AvgIpc) is 3.44. The summed E-state index contributed by atoms with van der Waals surface area (Å²) in [6, 6.07) is 19.3. The van der Waals surface area contributed by atoms with E-state index in [1.54, 1.807) is 19.5 Å². The molecule has 2 atom stereocenters. The van der Waals surface area contributed by atoms with Crippen LogP contribution in [-0.2, 0) is 0 Å². The van der Waals surface area contributed by atoms with Gasteiger partial charge in [0.15, 0.2) is 5.11 Å². The minimum absolute atomic E-state index is 0.158. The quantitative estimate of drug-likeness (QED) is 0.417. The van der Waals surface area contributed by atoms with Gasteiger partial charge in [0.05, 0.1) is 35.8 Å². The molecule has 1 aromatic carbocycles. The van der Waals surface area contributed by atoms with E-state index in [4.69, 9.17) is 28.6 Å². The fourth-order valence-electron chi connectivity index (χ4n) is 4.11. The van der Waals surface area contributed by atoms with Crippen LogP contribution in [0.15, 0.2) is 85.5 Å². The number of nitrogens with one attached hydrogen (secondary N) is 1. The molecule has 1 aliphatic heterocycles. The Balaban J connectivity index is 1.66. The molecular formula is C24H20ClN5OS. The number of anilines is 1. The van der Waals surface area contributed by atoms with Crippen molar-refractivity contribution in [3.63, 3.8) is 0 Å². The van der Waals surface area contributed by atoms with Crippen molar-refractivity contribution in [1.82, 2.24) is 19.9 Å². The molecule has 0 bridgehead atoms. The number of thiocarbonyl (C=S) groups is 1. The molecule has 3 aromatic heterocycles. The normalized spacial score (nSPS) is 17.9. The smallest absolute Gasteiger partial charge is 0.174 e. The van der Waals surface area contributed by atoms with Gasteiger partial charge < -0.3 is 19.5 Å². The van der Waals surface area contributed by atoms with Crippen LogP contribution in [0.5, 0.6) is 5.75 Å². The number of nitrogens with zero attached hydrogens (tertiary/aromatic N) is 4. The first kappa shape index (κ1) is 20.5. The summed E-state index contributed by atoms with van der Waals surface area (Å²) in [4.78, 5) is 11.0. The van der Waals surface area contributed by atoms with Gasteiger partial charge in [0, 0.05) is 30.0 Å². The molecular weight excluding hydrogens is 442 g/mol. The molecule has 160 valence electrons. The Labute approximate surface area is 196 Å². The average molecular weight is 462 g/mol.